The molecule has 0 aliphatic heterocycles. The summed E-state index contributed by atoms with van der Waals surface area (Å²) in [7, 11) is 0. The van der Waals surface area contributed by atoms with Gasteiger partial charge in [-0.3, -0.25) is 4.79 Å². The molecule has 2 fully saturated rings. The zero-order chi connectivity index (χ0) is 18.8. The summed E-state index contributed by atoms with van der Waals surface area (Å²) in [5, 5.41) is 3.41. The molecule has 27 heavy (non-hydrogen) atoms. The van der Waals surface area contributed by atoms with Crippen LogP contribution in [-0.4, -0.2) is 5.91 Å². The van der Waals surface area contributed by atoms with E-state index in [9.17, 15) is 9.18 Å². The molecule has 4 rings (SSSR count). The van der Waals surface area contributed by atoms with Crippen LogP contribution in [0, 0.1) is 17.7 Å². The number of benzene rings is 2. The van der Waals surface area contributed by atoms with Crippen LogP contribution in [-0.2, 0) is 11.2 Å². The molecular formula is C23H25ClFNO. The van der Waals surface area contributed by atoms with Crippen LogP contribution >= 0.6 is 11.6 Å². The molecule has 0 unspecified atom stereocenters. The van der Waals surface area contributed by atoms with E-state index >= 15 is 0 Å². The van der Waals surface area contributed by atoms with Crippen molar-refractivity contribution in [2.75, 3.05) is 5.32 Å². The molecule has 1 amide bonds. The summed E-state index contributed by atoms with van der Waals surface area (Å²) in [5.41, 5.74) is 2.51. The fourth-order valence-corrected chi connectivity index (χ4v) is 4.46. The van der Waals surface area contributed by atoms with Gasteiger partial charge in [-0.15, -0.1) is 0 Å². The highest BCUT2D eigenvalue weighted by Crippen LogP contribution is 2.39. The average molecular weight is 386 g/mol. The first-order valence-corrected chi connectivity index (χ1v) is 10.3. The molecular weight excluding hydrogens is 361 g/mol. The van der Waals surface area contributed by atoms with E-state index in [2.05, 4.69) is 17.4 Å². The summed E-state index contributed by atoms with van der Waals surface area (Å²) >= 11 is 5.91. The van der Waals surface area contributed by atoms with Gasteiger partial charge >= 0.3 is 0 Å². The van der Waals surface area contributed by atoms with E-state index in [0.29, 0.717) is 10.6 Å². The molecule has 2 nitrogen and oxygen atoms in total. The highest BCUT2D eigenvalue weighted by molar-refractivity contribution is 6.30. The van der Waals surface area contributed by atoms with E-state index in [1.807, 2.05) is 12.1 Å². The van der Waals surface area contributed by atoms with E-state index < -0.39 is 11.7 Å². The lowest BCUT2D eigenvalue weighted by molar-refractivity contribution is -0.118. The second kappa shape index (κ2) is 8.02. The highest BCUT2D eigenvalue weighted by Gasteiger charge is 2.34. The molecule has 2 saturated carbocycles. The molecule has 0 radical (unpaired) electrons. The number of halogens is 2. The first-order valence-electron chi connectivity index (χ1n) is 9.95. The van der Waals surface area contributed by atoms with Crippen LogP contribution < -0.4 is 5.32 Å². The van der Waals surface area contributed by atoms with Crippen molar-refractivity contribution in [1.82, 2.24) is 0 Å². The first-order chi connectivity index (χ1) is 13.1. The highest BCUT2D eigenvalue weighted by atomic mass is 35.5. The van der Waals surface area contributed by atoms with Crippen molar-refractivity contribution in [2.24, 2.45) is 11.8 Å². The van der Waals surface area contributed by atoms with Crippen molar-refractivity contribution >= 4 is 23.2 Å². The third-order valence-corrected chi connectivity index (χ3v) is 6.10. The van der Waals surface area contributed by atoms with Crippen molar-refractivity contribution in [3.63, 3.8) is 0 Å². The number of anilines is 1. The fraction of sp³-hybridized carbons (Fsp3) is 0.435. The van der Waals surface area contributed by atoms with Gasteiger partial charge in [0.15, 0.2) is 0 Å². The van der Waals surface area contributed by atoms with Gasteiger partial charge in [0.1, 0.15) is 5.82 Å². The van der Waals surface area contributed by atoms with Crippen LogP contribution in [0.2, 0.25) is 5.02 Å². The predicted molar refractivity (Wildman–Crippen MR) is 108 cm³/mol. The van der Waals surface area contributed by atoms with Gasteiger partial charge in [0.25, 0.3) is 0 Å². The minimum Gasteiger partial charge on any atom is -0.326 e. The second-order valence-electron chi connectivity index (χ2n) is 8.03. The number of rotatable bonds is 6. The van der Waals surface area contributed by atoms with Gasteiger partial charge in [0.05, 0.1) is 5.92 Å². The molecule has 0 bridgehead atoms. The van der Waals surface area contributed by atoms with Crippen molar-refractivity contribution < 1.29 is 9.18 Å². The van der Waals surface area contributed by atoms with Gasteiger partial charge in [0, 0.05) is 16.3 Å². The lowest BCUT2D eigenvalue weighted by atomic mass is 9.83. The number of hydrogen-bond donors (Lipinski definition) is 1. The van der Waals surface area contributed by atoms with Crippen molar-refractivity contribution in [3.05, 3.63) is 64.4 Å². The van der Waals surface area contributed by atoms with Crippen LogP contribution in [0.1, 0.15) is 55.6 Å². The normalized spacial score (nSPS) is 18.4. The summed E-state index contributed by atoms with van der Waals surface area (Å²) in [6.07, 6.45) is 7.79. The smallest absolute Gasteiger partial charge is 0.232 e. The van der Waals surface area contributed by atoms with Gasteiger partial charge in [-0.25, -0.2) is 4.39 Å². The Hall–Kier alpha value is -1.87. The van der Waals surface area contributed by atoms with Crippen molar-refractivity contribution in [1.29, 1.82) is 0 Å². The molecule has 1 atom stereocenters. The van der Waals surface area contributed by atoms with E-state index in [1.165, 1.54) is 24.5 Å². The largest absolute Gasteiger partial charge is 0.326 e. The zero-order valence-corrected chi connectivity index (χ0v) is 16.1. The monoisotopic (exact) mass is 385 g/mol. The summed E-state index contributed by atoms with van der Waals surface area (Å²) in [4.78, 5) is 13.2. The molecule has 0 aromatic heterocycles. The Bertz CT molecular complexity index is 827. The molecule has 2 aromatic rings. The SMILES string of the molecule is O=C(Nc1cccc(CC2CC2)c1)[C@@H](c1ccc(Cl)cc1F)C1CCCC1. The minimum absolute atomic E-state index is 0.119. The van der Waals surface area contributed by atoms with Crippen molar-refractivity contribution in [3.8, 4) is 0 Å². The quantitative estimate of drug-likeness (QED) is 0.617. The first kappa shape index (κ1) is 18.5. The van der Waals surface area contributed by atoms with Crippen LogP contribution in [0.4, 0.5) is 10.1 Å². The Morgan fingerprint density at radius 2 is 1.89 bits per heavy atom. The number of carbonyl (C=O) groups is 1. The number of hydrogen-bond acceptors (Lipinski definition) is 1. The van der Waals surface area contributed by atoms with Crippen LogP contribution in [0.3, 0.4) is 0 Å². The lowest BCUT2D eigenvalue weighted by Gasteiger charge is -2.24. The van der Waals surface area contributed by atoms with Crippen LogP contribution in [0.5, 0.6) is 0 Å². The van der Waals surface area contributed by atoms with Gasteiger partial charge in [-0.2, -0.15) is 0 Å². The predicted octanol–water partition coefficient (Wildman–Crippen LogP) is 6.34. The minimum atomic E-state index is -0.475. The average Bonchev–Trinajstić information content (AvgIpc) is 3.28. The molecule has 4 heteroatoms. The van der Waals surface area contributed by atoms with E-state index in [1.54, 1.807) is 12.1 Å². The number of carbonyl (C=O) groups excluding carboxylic acids is 1. The molecule has 2 aliphatic carbocycles. The van der Waals surface area contributed by atoms with Crippen LogP contribution in [0.25, 0.3) is 0 Å². The third-order valence-electron chi connectivity index (χ3n) is 5.87. The lowest BCUT2D eigenvalue weighted by Crippen LogP contribution is -2.27. The zero-order valence-electron chi connectivity index (χ0n) is 15.4. The summed E-state index contributed by atoms with van der Waals surface area (Å²) in [6.45, 7) is 0. The Labute approximate surface area is 165 Å². The number of amides is 1. The van der Waals surface area contributed by atoms with Crippen LogP contribution in [0.15, 0.2) is 42.5 Å². The maximum absolute atomic E-state index is 14.6. The molecule has 0 saturated heterocycles. The van der Waals surface area contributed by atoms with E-state index in [0.717, 1.165) is 43.7 Å². The maximum Gasteiger partial charge on any atom is 0.232 e. The van der Waals surface area contributed by atoms with Gasteiger partial charge in [-0.05, 0) is 73.8 Å². The second-order valence-corrected chi connectivity index (χ2v) is 8.46. The molecule has 0 heterocycles. The van der Waals surface area contributed by atoms with Gasteiger partial charge in [-0.1, -0.05) is 42.6 Å². The molecule has 2 aliphatic rings. The Morgan fingerprint density at radius 3 is 2.59 bits per heavy atom. The summed E-state index contributed by atoms with van der Waals surface area (Å²) < 4.78 is 14.6. The summed E-state index contributed by atoms with van der Waals surface area (Å²) in [5.74, 6) is -0.0127. The third kappa shape index (κ3) is 4.52. The Kier molecular flexibility index (Phi) is 5.49. The Morgan fingerprint density at radius 1 is 1.11 bits per heavy atom. The van der Waals surface area contributed by atoms with E-state index in [4.69, 9.17) is 11.6 Å². The van der Waals surface area contributed by atoms with Gasteiger partial charge < -0.3 is 5.32 Å². The topological polar surface area (TPSA) is 29.1 Å². The molecule has 0 spiro atoms. The van der Waals surface area contributed by atoms with E-state index in [-0.39, 0.29) is 11.8 Å². The fourth-order valence-electron chi connectivity index (χ4n) is 4.31. The Balaban J connectivity index is 1.57. The van der Waals surface area contributed by atoms with Gasteiger partial charge in [0.2, 0.25) is 5.91 Å². The molecule has 1 N–H and O–H groups in total. The number of nitrogens with one attached hydrogen (secondary N) is 1. The maximum atomic E-state index is 14.6. The molecule has 2 aromatic carbocycles. The summed E-state index contributed by atoms with van der Waals surface area (Å²) in [6, 6.07) is 12.7. The molecule has 142 valence electrons. The standard InChI is InChI=1S/C23H25ClFNO/c24-18-10-11-20(21(25)14-18)22(17-5-1-2-6-17)23(27)26-19-7-3-4-16(13-19)12-15-8-9-15/h3-4,7,10-11,13-15,17,22H,1-2,5-6,8-9,12H2,(H,26,27)/t22-/m1/s1. The van der Waals surface area contributed by atoms with Crippen molar-refractivity contribution in [2.45, 2.75) is 50.9 Å².